The van der Waals surface area contributed by atoms with Crippen molar-refractivity contribution in [1.82, 2.24) is 10.2 Å². The van der Waals surface area contributed by atoms with Crippen LogP contribution in [0.25, 0.3) is 11.5 Å². The predicted octanol–water partition coefficient (Wildman–Crippen LogP) is 5.06. The number of hydrogen-bond acceptors (Lipinski definition) is 5. The third kappa shape index (κ3) is 3.86. The number of ketones is 1. The molecule has 0 amide bonds. The van der Waals surface area contributed by atoms with Crippen LogP contribution in [0.5, 0.6) is 0 Å². The molecule has 0 N–H and O–H groups in total. The Labute approximate surface area is 149 Å². The number of aryl methyl sites for hydroxylation is 1. The van der Waals surface area contributed by atoms with Crippen molar-refractivity contribution in [1.29, 1.82) is 0 Å². The third-order valence-corrected chi connectivity index (χ3v) is 4.67. The molecule has 6 heteroatoms. The molecule has 0 fully saturated rings. The summed E-state index contributed by atoms with van der Waals surface area (Å²) in [6.07, 6.45) is 0. The van der Waals surface area contributed by atoms with Crippen molar-refractivity contribution < 1.29 is 9.21 Å². The molecule has 0 saturated carbocycles. The molecule has 4 nitrogen and oxygen atoms in total. The fraction of sp³-hybridized carbons (Fsp3) is 0.167. The second-order valence-electron chi connectivity index (χ2n) is 5.37. The first kappa shape index (κ1) is 16.7. The highest BCUT2D eigenvalue weighted by Crippen LogP contribution is 2.28. The Morgan fingerprint density at radius 2 is 1.75 bits per heavy atom. The van der Waals surface area contributed by atoms with Crippen molar-refractivity contribution in [3.8, 4) is 11.5 Å². The van der Waals surface area contributed by atoms with E-state index in [2.05, 4.69) is 10.2 Å². The van der Waals surface area contributed by atoms with Crippen molar-refractivity contribution in [3.05, 3.63) is 64.7 Å². The van der Waals surface area contributed by atoms with E-state index >= 15 is 0 Å². The van der Waals surface area contributed by atoms with E-state index in [1.807, 2.05) is 38.1 Å². The summed E-state index contributed by atoms with van der Waals surface area (Å²) in [5.41, 5.74) is 2.63. The maximum atomic E-state index is 12.4. The molecule has 1 unspecified atom stereocenters. The Morgan fingerprint density at radius 3 is 2.42 bits per heavy atom. The largest absolute Gasteiger partial charge is 0.411 e. The number of benzene rings is 2. The standard InChI is InChI=1S/C18H15ClN2O2S/c1-11-3-5-14(6-4-11)17-20-21-18(23-17)24-12(2)16(22)13-7-9-15(19)10-8-13/h3-10,12H,1-2H3. The van der Waals surface area contributed by atoms with E-state index in [-0.39, 0.29) is 11.0 Å². The van der Waals surface area contributed by atoms with Gasteiger partial charge in [0.25, 0.3) is 5.22 Å². The number of hydrogen-bond donors (Lipinski definition) is 0. The van der Waals surface area contributed by atoms with Gasteiger partial charge in [-0.2, -0.15) is 0 Å². The molecule has 24 heavy (non-hydrogen) atoms. The van der Waals surface area contributed by atoms with Crippen LogP contribution in [0.15, 0.2) is 58.2 Å². The number of nitrogens with zero attached hydrogens (tertiary/aromatic N) is 2. The summed E-state index contributed by atoms with van der Waals surface area (Å²) in [6.45, 7) is 3.83. The van der Waals surface area contributed by atoms with Gasteiger partial charge in [0.15, 0.2) is 5.78 Å². The molecule has 0 aliphatic rings. The molecule has 0 radical (unpaired) electrons. The highest BCUT2D eigenvalue weighted by atomic mass is 35.5. The first-order valence-corrected chi connectivity index (χ1v) is 8.65. The van der Waals surface area contributed by atoms with Crippen LogP contribution in [0.2, 0.25) is 5.02 Å². The van der Waals surface area contributed by atoms with Crippen molar-refractivity contribution in [2.45, 2.75) is 24.3 Å². The van der Waals surface area contributed by atoms with Gasteiger partial charge in [-0.05, 0) is 50.2 Å². The summed E-state index contributed by atoms with van der Waals surface area (Å²) in [5.74, 6) is 0.440. The van der Waals surface area contributed by atoms with Crippen LogP contribution >= 0.6 is 23.4 Å². The summed E-state index contributed by atoms with van der Waals surface area (Å²) in [5, 5.41) is 8.71. The Balaban J connectivity index is 1.70. The van der Waals surface area contributed by atoms with Crippen molar-refractivity contribution in [3.63, 3.8) is 0 Å². The normalized spacial score (nSPS) is 12.1. The van der Waals surface area contributed by atoms with Gasteiger partial charge in [0.1, 0.15) is 0 Å². The van der Waals surface area contributed by atoms with E-state index in [9.17, 15) is 4.79 Å². The van der Waals surface area contributed by atoms with Crippen molar-refractivity contribution in [2.24, 2.45) is 0 Å². The molecule has 2 aromatic carbocycles. The topological polar surface area (TPSA) is 56.0 Å². The second kappa shape index (κ2) is 7.20. The third-order valence-electron chi connectivity index (χ3n) is 3.48. The zero-order chi connectivity index (χ0) is 17.1. The lowest BCUT2D eigenvalue weighted by Crippen LogP contribution is -2.13. The smallest absolute Gasteiger partial charge is 0.277 e. The number of carbonyl (C=O) groups excluding carboxylic acids is 1. The lowest BCUT2D eigenvalue weighted by Gasteiger charge is -2.07. The number of Topliss-reactive ketones (excluding diaryl/α,β-unsaturated/α-hetero) is 1. The van der Waals surface area contributed by atoms with Crippen molar-refractivity contribution >= 4 is 29.1 Å². The van der Waals surface area contributed by atoms with E-state index in [4.69, 9.17) is 16.0 Å². The Hall–Kier alpha value is -2.11. The minimum atomic E-state index is -0.336. The van der Waals surface area contributed by atoms with Gasteiger partial charge >= 0.3 is 0 Å². The zero-order valence-electron chi connectivity index (χ0n) is 13.2. The summed E-state index contributed by atoms with van der Waals surface area (Å²) in [4.78, 5) is 12.4. The summed E-state index contributed by atoms with van der Waals surface area (Å²) >= 11 is 7.09. The summed E-state index contributed by atoms with van der Waals surface area (Å²) in [6, 6.07) is 14.7. The molecular weight excluding hydrogens is 344 g/mol. The monoisotopic (exact) mass is 358 g/mol. The minimum absolute atomic E-state index is 0.00764. The Morgan fingerprint density at radius 1 is 1.08 bits per heavy atom. The minimum Gasteiger partial charge on any atom is -0.411 e. The highest BCUT2D eigenvalue weighted by Gasteiger charge is 2.20. The molecule has 0 aliphatic carbocycles. The molecule has 1 atom stereocenters. The average molecular weight is 359 g/mol. The van der Waals surface area contributed by atoms with Gasteiger partial charge in [-0.25, -0.2) is 0 Å². The van der Waals surface area contributed by atoms with Gasteiger partial charge in [0, 0.05) is 16.1 Å². The van der Waals surface area contributed by atoms with E-state index in [1.165, 1.54) is 11.8 Å². The lowest BCUT2D eigenvalue weighted by molar-refractivity contribution is 0.0993. The first-order chi connectivity index (χ1) is 11.5. The molecule has 0 aliphatic heterocycles. The van der Waals surface area contributed by atoms with E-state index in [0.29, 0.717) is 21.7 Å². The van der Waals surface area contributed by atoms with Gasteiger partial charge in [-0.1, -0.05) is 41.1 Å². The van der Waals surface area contributed by atoms with Crippen molar-refractivity contribution in [2.75, 3.05) is 0 Å². The first-order valence-electron chi connectivity index (χ1n) is 7.40. The molecular formula is C18H15ClN2O2S. The molecule has 3 rings (SSSR count). The van der Waals surface area contributed by atoms with E-state index in [1.54, 1.807) is 24.3 Å². The Kier molecular flexibility index (Phi) is 5.02. The predicted molar refractivity (Wildman–Crippen MR) is 95.6 cm³/mol. The molecule has 1 aromatic heterocycles. The van der Waals surface area contributed by atoms with Crippen LogP contribution in [0.1, 0.15) is 22.8 Å². The van der Waals surface area contributed by atoms with Crippen LogP contribution in [0.3, 0.4) is 0 Å². The zero-order valence-corrected chi connectivity index (χ0v) is 14.8. The number of carbonyl (C=O) groups is 1. The average Bonchev–Trinajstić information content (AvgIpc) is 3.04. The number of aromatic nitrogens is 2. The van der Waals surface area contributed by atoms with Gasteiger partial charge in [0.2, 0.25) is 5.89 Å². The quantitative estimate of drug-likeness (QED) is 0.471. The molecule has 0 spiro atoms. The SMILES string of the molecule is Cc1ccc(-c2nnc(SC(C)C(=O)c3ccc(Cl)cc3)o2)cc1. The molecule has 122 valence electrons. The second-order valence-corrected chi connectivity index (χ2v) is 7.10. The summed E-state index contributed by atoms with van der Waals surface area (Å²) < 4.78 is 5.65. The number of halogens is 1. The molecule has 1 heterocycles. The molecule has 0 bridgehead atoms. The lowest BCUT2D eigenvalue weighted by atomic mass is 10.1. The number of rotatable bonds is 5. The summed E-state index contributed by atoms with van der Waals surface area (Å²) in [7, 11) is 0. The van der Waals surface area contributed by atoms with Gasteiger partial charge in [-0.3, -0.25) is 4.79 Å². The van der Waals surface area contributed by atoms with Crippen LogP contribution in [0.4, 0.5) is 0 Å². The van der Waals surface area contributed by atoms with Crippen LogP contribution in [0, 0.1) is 6.92 Å². The van der Waals surface area contributed by atoms with Gasteiger partial charge < -0.3 is 4.42 Å². The fourth-order valence-electron chi connectivity index (χ4n) is 2.12. The van der Waals surface area contributed by atoms with Gasteiger partial charge in [-0.15, -0.1) is 10.2 Å². The van der Waals surface area contributed by atoms with E-state index in [0.717, 1.165) is 11.1 Å². The van der Waals surface area contributed by atoms with Crippen LogP contribution in [-0.4, -0.2) is 21.2 Å². The fourth-order valence-corrected chi connectivity index (χ4v) is 3.01. The van der Waals surface area contributed by atoms with E-state index < -0.39 is 0 Å². The number of thioether (sulfide) groups is 1. The molecule has 0 saturated heterocycles. The van der Waals surface area contributed by atoms with Crippen LogP contribution in [-0.2, 0) is 0 Å². The maximum Gasteiger partial charge on any atom is 0.277 e. The van der Waals surface area contributed by atoms with Gasteiger partial charge in [0.05, 0.1) is 5.25 Å². The Bertz CT molecular complexity index is 844. The molecule has 3 aromatic rings. The van der Waals surface area contributed by atoms with Crippen LogP contribution < -0.4 is 0 Å². The maximum absolute atomic E-state index is 12.4. The highest BCUT2D eigenvalue weighted by molar-refractivity contribution is 8.00.